The fourth-order valence-corrected chi connectivity index (χ4v) is 6.34. The largest absolute Gasteiger partial charge is 0.756 e. The second-order valence-corrected chi connectivity index (χ2v) is 17.5. The number of phosphoric ester groups is 1. The van der Waals surface area contributed by atoms with Crippen LogP contribution in [0.4, 0.5) is 0 Å². The molecule has 0 aromatic rings. The quantitative estimate of drug-likeness (QED) is 0.0197. The van der Waals surface area contributed by atoms with Gasteiger partial charge in [-0.25, -0.2) is 0 Å². The molecule has 9 nitrogen and oxygen atoms in total. The molecule has 0 fully saturated rings. The lowest BCUT2D eigenvalue weighted by Gasteiger charge is -2.28. The summed E-state index contributed by atoms with van der Waals surface area (Å²) in [6, 6.07) is 0. The minimum Gasteiger partial charge on any atom is -0.756 e. The van der Waals surface area contributed by atoms with Gasteiger partial charge < -0.3 is 27.9 Å². The molecule has 0 amide bonds. The van der Waals surface area contributed by atoms with Crippen LogP contribution in [0.25, 0.3) is 0 Å². The lowest BCUT2D eigenvalue weighted by atomic mass is 10.1. The van der Waals surface area contributed by atoms with Crippen molar-refractivity contribution in [2.24, 2.45) is 0 Å². The number of carbonyl (C=O) groups is 2. The Morgan fingerprint density at radius 1 is 0.534 bits per heavy atom. The number of unbranched alkanes of at least 4 members (excludes halogenated alkanes) is 14. The molecule has 0 aromatic heterocycles. The van der Waals surface area contributed by atoms with Crippen LogP contribution in [0, 0.1) is 0 Å². The number of esters is 2. The molecule has 0 heterocycles. The predicted octanol–water partition coefficient (Wildman–Crippen LogP) is 12.4. The summed E-state index contributed by atoms with van der Waals surface area (Å²) in [5.74, 6) is -0.891. The summed E-state index contributed by atoms with van der Waals surface area (Å²) in [5.41, 5.74) is 0. The number of phosphoric acid groups is 1. The normalized spacial score (nSPS) is 14.2. The van der Waals surface area contributed by atoms with E-state index >= 15 is 0 Å². The van der Waals surface area contributed by atoms with E-state index in [0.717, 1.165) is 77.0 Å². The van der Waals surface area contributed by atoms with Gasteiger partial charge in [-0.3, -0.25) is 14.2 Å². The molecule has 1 unspecified atom stereocenters. The SMILES string of the molecule is CCCCC/C=C\C/C=C\C/C=C\CCCCCCC(=O)OC[C@H](COP(=O)([O-])OCC[N+](C)(C)C)OC(=O)CCCCCC/C=C\C/C=C\C/C=C\CCCCC. The van der Waals surface area contributed by atoms with Crippen molar-refractivity contribution in [3.05, 3.63) is 72.9 Å². The van der Waals surface area contributed by atoms with Gasteiger partial charge in [0, 0.05) is 12.8 Å². The van der Waals surface area contributed by atoms with Crippen molar-refractivity contribution < 1.29 is 42.1 Å². The summed E-state index contributed by atoms with van der Waals surface area (Å²) in [6.07, 6.45) is 49.2. The van der Waals surface area contributed by atoms with Crippen molar-refractivity contribution in [3.63, 3.8) is 0 Å². The van der Waals surface area contributed by atoms with Crippen LogP contribution in [0.1, 0.15) is 168 Å². The lowest BCUT2D eigenvalue weighted by Crippen LogP contribution is -2.37. The zero-order valence-corrected chi connectivity index (χ0v) is 38.4. The Bertz CT molecular complexity index is 1220. The van der Waals surface area contributed by atoms with Crippen LogP contribution in [0.2, 0.25) is 0 Å². The number of rotatable bonds is 40. The standard InChI is InChI=1S/C48H84NO8P/c1-6-8-10-12-14-16-18-20-22-24-26-28-30-32-34-36-38-40-47(50)54-44-46(45-56-58(52,53)55-43-42-49(3,4)5)57-48(51)41-39-37-35-33-31-29-27-25-23-21-19-17-15-13-11-9-7-2/h14-17,20-23,26-29,46H,6-13,18-19,24-25,30-45H2,1-5H3/b16-14-,17-15-,22-20-,23-21-,28-26-,29-27-/t46-/m1/s1. The molecule has 0 radical (unpaired) electrons. The minimum atomic E-state index is -4.64. The van der Waals surface area contributed by atoms with Crippen molar-refractivity contribution in [1.82, 2.24) is 0 Å². The van der Waals surface area contributed by atoms with Crippen LogP contribution in [-0.4, -0.2) is 70.0 Å². The molecule has 0 aliphatic heterocycles. The van der Waals surface area contributed by atoms with E-state index in [2.05, 4.69) is 86.8 Å². The number of ether oxygens (including phenoxy) is 2. The first kappa shape index (κ1) is 55.5. The zero-order chi connectivity index (χ0) is 42.8. The summed E-state index contributed by atoms with van der Waals surface area (Å²) in [6.45, 7) is 4.10. The first-order valence-electron chi connectivity index (χ1n) is 22.6. The van der Waals surface area contributed by atoms with E-state index in [9.17, 15) is 19.0 Å². The number of nitrogens with zero attached hydrogens (tertiary/aromatic N) is 1. The number of likely N-dealkylation sites (N-methyl/N-ethyl adjacent to an activating group) is 1. The maximum Gasteiger partial charge on any atom is 0.306 e. The molecule has 0 rings (SSSR count). The Morgan fingerprint density at radius 2 is 0.931 bits per heavy atom. The van der Waals surface area contributed by atoms with Gasteiger partial charge in [0.05, 0.1) is 27.7 Å². The predicted molar refractivity (Wildman–Crippen MR) is 240 cm³/mol. The van der Waals surface area contributed by atoms with Gasteiger partial charge in [0.15, 0.2) is 6.10 Å². The third kappa shape index (κ3) is 43.0. The number of allylic oxidation sites excluding steroid dienone is 12. The van der Waals surface area contributed by atoms with E-state index in [1.54, 1.807) is 0 Å². The van der Waals surface area contributed by atoms with E-state index in [0.29, 0.717) is 23.9 Å². The Morgan fingerprint density at radius 3 is 1.36 bits per heavy atom. The fourth-order valence-electron chi connectivity index (χ4n) is 5.61. The molecule has 0 aliphatic rings. The first-order valence-corrected chi connectivity index (χ1v) is 24.1. The average Bonchev–Trinajstić information content (AvgIpc) is 3.17. The Labute approximate surface area is 355 Å². The fraction of sp³-hybridized carbons (Fsp3) is 0.708. The lowest BCUT2D eigenvalue weighted by molar-refractivity contribution is -0.870. The number of quaternary nitrogens is 1. The minimum absolute atomic E-state index is 0.0430. The summed E-state index contributed by atoms with van der Waals surface area (Å²) in [4.78, 5) is 37.6. The highest BCUT2D eigenvalue weighted by Gasteiger charge is 2.21. The zero-order valence-electron chi connectivity index (χ0n) is 37.5. The van der Waals surface area contributed by atoms with E-state index in [1.165, 1.54) is 51.4 Å². The molecule has 0 bridgehead atoms. The Hall–Kier alpha value is -2.55. The third-order valence-electron chi connectivity index (χ3n) is 9.20. The number of hydrogen-bond donors (Lipinski definition) is 0. The smallest absolute Gasteiger partial charge is 0.306 e. The van der Waals surface area contributed by atoms with Crippen LogP contribution in [0.3, 0.4) is 0 Å². The molecule has 0 spiro atoms. The van der Waals surface area contributed by atoms with Crippen LogP contribution < -0.4 is 4.89 Å². The van der Waals surface area contributed by atoms with Gasteiger partial charge in [-0.1, -0.05) is 138 Å². The highest BCUT2D eigenvalue weighted by molar-refractivity contribution is 7.45. The second kappa shape index (κ2) is 39.9. The van der Waals surface area contributed by atoms with Crippen LogP contribution in [0.5, 0.6) is 0 Å². The molecule has 0 aliphatic carbocycles. The van der Waals surface area contributed by atoms with E-state index in [-0.39, 0.29) is 26.1 Å². The molecule has 10 heteroatoms. The highest BCUT2D eigenvalue weighted by Crippen LogP contribution is 2.38. The van der Waals surface area contributed by atoms with Gasteiger partial charge >= 0.3 is 11.9 Å². The highest BCUT2D eigenvalue weighted by atomic mass is 31.2. The van der Waals surface area contributed by atoms with Crippen molar-refractivity contribution in [2.75, 3.05) is 47.5 Å². The van der Waals surface area contributed by atoms with Crippen molar-refractivity contribution >= 4 is 19.8 Å². The molecule has 0 saturated heterocycles. The van der Waals surface area contributed by atoms with E-state index in [4.69, 9.17) is 18.5 Å². The summed E-state index contributed by atoms with van der Waals surface area (Å²) < 4.78 is 33.9. The third-order valence-corrected chi connectivity index (χ3v) is 10.2. The maximum absolute atomic E-state index is 12.7. The summed E-state index contributed by atoms with van der Waals surface area (Å²) in [5, 5.41) is 0. The van der Waals surface area contributed by atoms with E-state index < -0.39 is 32.5 Å². The molecule has 334 valence electrons. The molecule has 2 atom stereocenters. The first-order chi connectivity index (χ1) is 28.0. The maximum atomic E-state index is 12.7. The van der Waals surface area contributed by atoms with Gasteiger partial charge in [-0.2, -0.15) is 0 Å². The Balaban J connectivity index is 4.45. The molecule has 58 heavy (non-hydrogen) atoms. The van der Waals surface area contributed by atoms with Crippen LogP contribution in [-0.2, 0) is 32.7 Å². The van der Waals surface area contributed by atoms with E-state index in [1.807, 2.05) is 21.1 Å². The number of hydrogen-bond acceptors (Lipinski definition) is 8. The van der Waals surface area contributed by atoms with Gasteiger partial charge in [0.1, 0.15) is 19.8 Å². The van der Waals surface area contributed by atoms with Gasteiger partial charge in [0.2, 0.25) is 0 Å². The molecule has 0 N–H and O–H groups in total. The molecule has 0 saturated carbocycles. The van der Waals surface area contributed by atoms with Gasteiger partial charge in [0.25, 0.3) is 7.82 Å². The molecule has 0 aromatic carbocycles. The number of carbonyl (C=O) groups excluding carboxylic acids is 2. The average molecular weight is 834 g/mol. The summed E-state index contributed by atoms with van der Waals surface area (Å²) >= 11 is 0. The monoisotopic (exact) mass is 834 g/mol. The van der Waals surface area contributed by atoms with Gasteiger partial charge in [-0.05, 0) is 89.9 Å². The molecular weight excluding hydrogens is 750 g/mol. The van der Waals surface area contributed by atoms with Crippen molar-refractivity contribution in [2.45, 2.75) is 174 Å². The van der Waals surface area contributed by atoms with Crippen molar-refractivity contribution in [1.29, 1.82) is 0 Å². The van der Waals surface area contributed by atoms with Crippen LogP contribution in [0.15, 0.2) is 72.9 Å². The summed E-state index contributed by atoms with van der Waals surface area (Å²) in [7, 11) is 1.12. The van der Waals surface area contributed by atoms with Gasteiger partial charge in [-0.15, -0.1) is 0 Å². The second-order valence-electron chi connectivity index (χ2n) is 16.1. The van der Waals surface area contributed by atoms with Crippen LogP contribution >= 0.6 is 7.82 Å². The topological polar surface area (TPSA) is 111 Å². The van der Waals surface area contributed by atoms with Crippen molar-refractivity contribution in [3.8, 4) is 0 Å². The molecular formula is C48H84NO8P. The Kier molecular flexibility index (Phi) is 38.1.